The van der Waals surface area contributed by atoms with Gasteiger partial charge in [0, 0.05) is 12.0 Å². The van der Waals surface area contributed by atoms with Crippen molar-refractivity contribution >= 4 is 45.7 Å². The van der Waals surface area contributed by atoms with Gasteiger partial charge >= 0.3 is 6.36 Å². The minimum absolute atomic E-state index is 0.0167. The molecule has 0 unspecified atom stereocenters. The lowest BCUT2D eigenvalue weighted by Crippen LogP contribution is -2.30. The zero-order chi connectivity index (χ0) is 31.3. The van der Waals surface area contributed by atoms with E-state index in [2.05, 4.69) is 25.9 Å². The fourth-order valence-electron chi connectivity index (χ4n) is 4.77. The number of thiocarbonyl (C=S) groups is 1. The van der Waals surface area contributed by atoms with Crippen LogP contribution in [0, 0.1) is 13.8 Å². The lowest BCUT2D eigenvalue weighted by atomic mass is 10.0. The van der Waals surface area contributed by atoms with Gasteiger partial charge in [-0.1, -0.05) is 60.7 Å². The number of amidine groups is 1. The summed E-state index contributed by atoms with van der Waals surface area (Å²) in [6, 6.07) is 19.5. The monoisotopic (exact) mass is 637 g/mol. The SMILES string of the molecule is Cc1ccc(C)c(N2C(=O)CSC2=NC(=S)CCCCCc2cccc(-c3ncn(-c4ccc(OC(F)(F)F)cc4)n3)c2)c1. The van der Waals surface area contributed by atoms with Crippen molar-refractivity contribution in [3.8, 4) is 22.8 Å². The first-order chi connectivity index (χ1) is 21.1. The normalized spacial score (nSPS) is 14.4. The number of nitrogens with zero attached hydrogens (tertiary/aromatic N) is 5. The van der Waals surface area contributed by atoms with Crippen molar-refractivity contribution in [2.75, 3.05) is 10.7 Å². The standard InChI is InChI=1S/C32H30F3N5O2S2/c1-21-11-12-22(2)27(17-21)40-29(41)19-44-31(40)37-28(43)10-5-3-4-7-23-8-6-9-24(18-23)30-36-20-39(38-30)25-13-15-26(16-14-25)42-32(33,34)35/h6,8-9,11-18,20H,3-5,7,10,19H2,1-2H3. The quantitative estimate of drug-likeness (QED) is 0.130. The lowest BCUT2D eigenvalue weighted by Gasteiger charge is -2.19. The molecule has 1 fully saturated rings. The maximum atomic E-state index is 12.6. The van der Waals surface area contributed by atoms with Crippen molar-refractivity contribution in [1.29, 1.82) is 0 Å². The topological polar surface area (TPSA) is 72.6 Å². The number of aryl methyl sites for hydroxylation is 3. The number of anilines is 1. The van der Waals surface area contributed by atoms with Crippen molar-refractivity contribution in [2.24, 2.45) is 4.99 Å². The number of amides is 1. The first-order valence-electron chi connectivity index (χ1n) is 14.1. The molecular formula is C32H30F3N5O2S2. The van der Waals surface area contributed by atoms with Crippen LogP contribution < -0.4 is 9.64 Å². The average molecular weight is 638 g/mol. The number of aliphatic imine (C=N–C) groups is 1. The fraction of sp³-hybridized carbons (Fsp3) is 0.281. The summed E-state index contributed by atoms with van der Waals surface area (Å²) in [5.74, 6) is 0.596. The van der Waals surface area contributed by atoms with Gasteiger partial charge < -0.3 is 4.74 Å². The van der Waals surface area contributed by atoms with Crippen LogP contribution in [0.4, 0.5) is 18.9 Å². The average Bonchev–Trinajstić information content (AvgIpc) is 3.61. The molecule has 0 aliphatic carbocycles. The number of carbonyl (C=O) groups is 1. The second kappa shape index (κ2) is 13.7. The molecule has 7 nitrogen and oxygen atoms in total. The van der Waals surface area contributed by atoms with E-state index in [0.29, 0.717) is 33.8 Å². The molecule has 44 heavy (non-hydrogen) atoms. The third kappa shape index (κ3) is 8.11. The second-order valence-electron chi connectivity index (χ2n) is 10.4. The van der Waals surface area contributed by atoms with Gasteiger partial charge in [0.15, 0.2) is 11.0 Å². The summed E-state index contributed by atoms with van der Waals surface area (Å²) < 4.78 is 42.7. The van der Waals surface area contributed by atoms with Crippen molar-refractivity contribution in [3.05, 3.63) is 89.7 Å². The third-order valence-electron chi connectivity index (χ3n) is 6.96. The lowest BCUT2D eigenvalue weighted by molar-refractivity contribution is -0.274. The summed E-state index contributed by atoms with van der Waals surface area (Å²) in [7, 11) is 0. The highest BCUT2D eigenvalue weighted by Gasteiger charge is 2.32. The van der Waals surface area contributed by atoms with Gasteiger partial charge in [0.05, 0.1) is 17.1 Å². The van der Waals surface area contributed by atoms with E-state index in [0.717, 1.165) is 53.6 Å². The highest BCUT2D eigenvalue weighted by molar-refractivity contribution is 8.15. The van der Waals surface area contributed by atoms with E-state index in [1.54, 1.807) is 4.90 Å². The Labute approximate surface area is 263 Å². The number of thioether (sulfide) groups is 1. The predicted octanol–water partition coefficient (Wildman–Crippen LogP) is 8.02. The molecule has 1 aliphatic heterocycles. The molecular weight excluding hydrogens is 608 g/mol. The molecule has 0 spiro atoms. The van der Waals surface area contributed by atoms with Gasteiger partial charge in [-0.15, -0.1) is 18.3 Å². The van der Waals surface area contributed by atoms with E-state index in [1.807, 2.05) is 50.2 Å². The Morgan fingerprint density at radius 2 is 1.84 bits per heavy atom. The molecule has 2 heterocycles. The number of aromatic nitrogens is 3. The number of rotatable bonds is 10. The number of ether oxygens (including phenoxy) is 1. The maximum absolute atomic E-state index is 12.6. The van der Waals surface area contributed by atoms with Gasteiger partial charge in [-0.2, -0.15) is 0 Å². The van der Waals surface area contributed by atoms with Crippen molar-refractivity contribution in [1.82, 2.24) is 14.8 Å². The van der Waals surface area contributed by atoms with E-state index in [4.69, 9.17) is 12.2 Å². The maximum Gasteiger partial charge on any atom is 0.573 e. The Balaban J connectivity index is 1.11. The van der Waals surface area contributed by atoms with Crippen LogP contribution in [0.1, 0.15) is 42.4 Å². The molecule has 3 aromatic carbocycles. The van der Waals surface area contributed by atoms with Crippen LogP contribution in [0.3, 0.4) is 0 Å². The smallest absolute Gasteiger partial charge is 0.406 e. The predicted molar refractivity (Wildman–Crippen MR) is 172 cm³/mol. The number of carbonyl (C=O) groups excluding carboxylic acids is 1. The highest BCUT2D eigenvalue weighted by atomic mass is 32.2. The molecule has 0 radical (unpaired) electrons. The summed E-state index contributed by atoms with van der Waals surface area (Å²) in [6.07, 6.45) is 1.18. The molecule has 1 amide bonds. The molecule has 0 bridgehead atoms. The minimum atomic E-state index is -4.74. The van der Waals surface area contributed by atoms with Crippen LogP contribution in [0.5, 0.6) is 5.75 Å². The van der Waals surface area contributed by atoms with Gasteiger partial charge in [0.1, 0.15) is 17.1 Å². The third-order valence-corrected chi connectivity index (χ3v) is 8.18. The van der Waals surface area contributed by atoms with Gasteiger partial charge in [0.2, 0.25) is 5.91 Å². The molecule has 228 valence electrons. The van der Waals surface area contributed by atoms with Crippen molar-refractivity contribution < 1.29 is 22.7 Å². The van der Waals surface area contributed by atoms with Crippen LogP contribution in [0.25, 0.3) is 17.1 Å². The minimum Gasteiger partial charge on any atom is -0.406 e. The molecule has 0 N–H and O–H groups in total. The molecule has 12 heteroatoms. The van der Waals surface area contributed by atoms with E-state index in [1.165, 1.54) is 47.0 Å². The first kappa shape index (κ1) is 31.4. The zero-order valence-corrected chi connectivity index (χ0v) is 25.8. The molecule has 1 aliphatic rings. The number of unbranched alkanes of at least 4 members (excludes halogenated alkanes) is 2. The van der Waals surface area contributed by atoms with Gasteiger partial charge in [-0.25, -0.2) is 14.7 Å². The van der Waals surface area contributed by atoms with E-state index >= 15 is 0 Å². The van der Waals surface area contributed by atoms with E-state index < -0.39 is 6.36 Å². The van der Waals surface area contributed by atoms with Crippen LogP contribution in [-0.4, -0.2) is 42.9 Å². The zero-order valence-electron chi connectivity index (χ0n) is 24.2. The Morgan fingerprint density at radius 1 is 1.05 bits per heavy atom. The highest BCUT2D eigenvalue weighted by Crippen LogP contribution is 2.30. The number of benzene rings is 3. The second-order valence-corrected chi connectivity index (χ2v) is 11.8. The van der Waals surface area contributed by atoms with E-state index in [-0.39, 0.29) is 11.7 Å². The largest absolute Gasteiger partial charge is 0.573 e. The number of alkyl halides is 3. The molecule has 4 aromatic rings. The molecule has 1 aromatic heterocycles. The van der Waals surface area contributed by atoms with Crippen molar-refractivity contribution in [2.45, 2.75) is 52.3 Å². The Kier molecular flexibility index (Phi) is 9.80. The molecule has 5 rings (SSSR count). The van der Waals surface area contributed by atoms with E-state index in [9.17, 15) is 18.0 Å². The Bertz CT molecular complexity index is 1690. The van der Waals surface area contributed by atoms with Crippen LogP contribution >= 0.6 is 24.0 Å². The van der Waals surface area contributed by atoms with Crippen molar-refractivity contribution in [3.63, 3.8) is 0 Å². The van der Waals surface area contributed by atoms with Crippen LogP contribution in [0.2, 0.25) is 0 Å². The summed E-state index contributed by atoms with van der Waals surface area (Å²) in [6.45, 7) is 3.99. The number of hydrogen-bond donors (Lipinski definition) is 0. The summed E-state index contributed by atoms with van der Waals surface area (Å²) in [5, 5.41) is 5.14. The first-order valence-corrected chi connectivity index (χ1v) is 15.5. The summed E-state index contributed by atoms with van der Waals surface area (Å²) >= 11 is 6.99. The molecule has 0 atom stereocenters. The summed E-state index contributed by atoms with van der Waals surface area (Å²) in [5.41, 5.74) is 5.54. The molecule has 1 saturated heterocycles. The molecule has 0 saturated carbocycles. The Hall–Kier alpha value is -4.03. The van der Waals surface area contributed by atoms with Crippen LogP contribution in [-0.2, 0) is 11.2 Å². The number of halogens is 3. The van der Waals surface area contributed by atoms with Gasteiger partial charge in [-0.05, 0) is 86.2 Å². The Morgan fingerprint density at radius 3 is 2.61 bits per heavy atom. The van der Waals surface area contributed by atoms with Gasteiger partial charge in [-0.3, -0.25) is 9.69 Å². The number of hydrogen-bond acceptors (Lipinski definition) is 6. The van der Waals surface area contributed by atoms with Crippen LogP contribution in [0.15, 0.2) is 78.0 Å². The van der Waals surface area contributed by atoms with Gasteiger partial charge in [0.25, 0.3) is 0 Å². The fourth-order valence-corrected chi connectivity index (χ4v) is 5.95. The summed E-state index contributed by atoms with van der Waals surface area (Å²) in [4.78, 5) is 23.9.